The van der Waals surface area contributed by atoms with E-state index in [1.54, 1.807) is 0 Å². The van der Waals surface area contributed by atoms with Gasteiger partial charge in [0.15, 0.2) is 0 Å². The lowest BCUT2D eigenvalue weighted by molar-refractivity contribution is 0.0903. The SMILES string of the molecule is Clc1ccc(OCCC2CCCO2)cc1. The summed E-state index contributed by atoms with van der Waals surface area (Å²) in [6.07, 6.45) is 3.73. The lowest BCUT2D eigenvalue weighted by Crippen LogP contribution is -2.10. The molecule has 1 fully saturated rings. The fraction of sp³-hybridized carbons (Fsp3) is 0.500. The first-order valence-electron chi connectivity index (χ1n) is 5.34. The number of ether oxygens (including phenoxy) is 2. The minimum absolute atomic E-state index is 0.400. The number of benzene rings is 1. The molecule has 0 aromatic heterocycles. The van der Waals surface area contributed by atoms with Gasteiger partial charge in [-0.25, -0.2) is 0 Å². The van der Waals surface area contributed by atoms with E-state index in [1.807, 2.05) is 24.3 Å². The first-order valence-corrected chi connectivity index (χ1v) is 5.72. The van der Waals surface area contributed by atoms with Gasteiger partial charge in [0.25, 0.3) is 0 Å². The zero-order chi connectivity index (χ0) is 10.5. The van der Waals surface area contributed by atoms with Crippen LogP contribution in [0.15, 0.2) is 24.3 Å². The van der Waals surface area contributed by atoms with Crippen molar-refractivity contribution in [2.75, 3.05) is 13.2 Å². The second kappa shape index (κ2) is 5.38. The molecule has 1 aliphatic heterocycles. The summed E-state index contributed by atoms with van der Waals surface area (Å²) in [5.41, 5.74) is 0. The summed E-state index contributed by atoms with van der Waals surface area (Å²) in [6, 6.07) is 7.45. The quantitative estimate of drug-likeness (QED) is 0.785. The molecule has 0 bridgehead atoms. The lowest BCUT2D eigenvalue weighted by Gasteiger charge is -2.10. The zero-order valence-electron chi connectivity index (χ0n) is 8.62. The van der Waals surface area contributed by atoms with Gasteiger partial charge in [0.1, 0.15) is 5.75 Å². The summed E-state index contributed by atoms with van der Waals surface area (Å²) in [6.45, 7) is 1.62. The largest absolute Gasteiger partial charge is 0.493 e. The van der Waals surface area contributed by atoms with Crippen LogP contribution in [-0.2, 0) is 4.74 Å². The van der Waals surface area contributed by atoms with E-state index in [4.69, 9.17) is 21.1 Å². The maximum absolute atomic E-state index is 5.77. The Labute approximate surface area is 95.1 Å². The molecule has 2 rings (SSSR count). The highest BCUT2D eigenvalue weighted by Gasteiger charge is 2.14. The molecule has 3 heteroatoms. The van der Waals surface area contributed by atoms with E-state index < -0.39 is 0 Å². The van der Waals surface area contributed by atoms with Crippen molar-refractivity contribution >= 4 is 11.6 Å². The maximum Gasteiger partial charge on any atom is 0.119 e. The predicted octanol–water partition coefficient (Wildman–Crippen LogP) is 3.29. The Kier molecular flexibility index (Phi) is 3.87. The molecule has 2 nitrogen and oxygen atoms in total. The molecule has 82 valence electrons. The van der Waals surface area contributed by atoms with E-state index in [1.165, 1.54) is 12.8 Å². The van der Waals surface area contributed by atoms with Crippen molar-refractivity contribution in [3.8, 4) is 5.75 Å². The van der Waals surface area contributed by atoms with Gasteiger partial charge >= 0.3 is 0 Å². The number of halogens is 1. The predicted molar refractivity (Wildman–Crippen MR) is 60.5 cm³/mol. The van der Waals surface area contributed by atoms with Gasteiger partial charge in [-0.2, -0.15) is 0 Å². The third-order valence-corrected chi connectivity index (χ3v) is 2.80. The Morgan fingerprint density at radius 3 is 2.80 bits per heavy atom. The first kappa shape index (κ1) is 10.8. The molecule has 1 saturated heterocycles. The number of hydrogen-bond donors (Lipinski definition) is 0. The van der Waals surface area contributed by atoms with Crippen molar-refractivity contribution < 1.29 is 9.47 Å². The van der Waals surface area contributed by atoms with Crippen molar-refractivity contribution in [3.05, 3.63) is 29.3 Å². The molecular weight excluding hydrogens is 212 g/mol. The molecule has 0 spiro atoms. The second-order valence-electron chi connectivity index (χ2n) is 3.73. The molecule has 0 N–H and O–H groups in total. The summed E-state index contributed by atoms with van der Waals surface area (Å²) in [5.74, 6) is 0.873. The van der Waals surface area contributed by atoms with Gasteiger partial charge in [-0.05, 0) is 37.1 Å². The van der Waals surface area contributed by atoms with Crippen LogP contribution in [0.1, 0.15) is 19.3 Å². The summed E-state index contributed by atoms with van der Waals surface area (Å²) in [5, 5.41) is 0.737. The molecule has 1 heterocycles. The summed E-state index contributed by atoms with van der Waals surface area (Å²) < 4.78 is 11.1. The van der Waals surface area contributed by atoms with Crippen LogP contribution in [0.25, 0.3) is 0 Å². The molecule has 15 heavy (non-hydrogen) atoms. The van der Waals surface area contributed by atoms with Crippen molar-refractivity contribution in [2.45, 2.75) is 25.4 Å². The minimum atomic E-state index is 0.400. The fourth-order valence-electron chi connectivity index (χ4n) is 1.71. The van der Waals surface area contributed by atoms with Gasteiger partial charge in [0.2, 0.25) is 0 Å². The Hall–Kier alpha value is -0.730. The maximum atomic E-state index is 5.77. The van der Waals surface area contributed by atoms with Crippen LogP contribution >= 0.6 is 11.6 Å². The van der Waals surface area contributed by atoms with E-state index in [9.17, 15) is 0 Å². The Balaban J connectivity index is 1.71. The molecule has 0 radical (unpaired) electrons. The molecule has 1 aromatic carbocycles. The molecule has 0 saturated carbocycles. The molecule has 1 aliphatic rings. The second-order valence-corrected chi connectivity index (χ2v) is 4.16. The van der Waals surface area contributed by atoms with E-state index in [-0.39, 0.29) is 0 Å². The van der Waals surface area contributed by atoms with Crippen LogP contribution < -0.4 is 4.74 Å². The zero-order valence-corrected chi connectivity index (χ0v) is 9.37. The van der Waals surface area contributed by atoms with Crippen LogP contribution in [0.2, 0.25) is 5.02 Å². The van der Waals surface area contributed by atoms with Gasteiger partial charge in [0.05, 0.1) is 12.7 Å². The highest BCUT2D eigenvalue weighted by molar-refractivity contribution is 6.30. The smallest absolute Gasteiger partial charge is 0.119 e. The number of hydrogen-bond acceptors (Lipinski definition) is 2. The average Bonchev–Trinajstić information content (AvgIpc) is 2.74. The summed E-state index contributed by atoms with van der Waals surface area (Å²) in [7, 11) is 0. The Morgan fingerprint density at radius 1 is 1.33 bits per heavy atom. The highest BCUT2D eigenvalue weighted by atomic mass is 35.5. The molecule has 1 unspecified atom stereocenters. The van der Waals surface area contributed by atoms with E-state index in [0.717, 1.165) is 23.8 Å². The van der Waals surface area contributed by atoms with Gasteiger partial charge < -0.3 is 9.47 Å². The van der Waals surface area contributed by atoms with Crippen LogP contribution in [0, 0.1) is 0 Å². The van der Waals surface area contributed by atoms with E-state index in [2.05, 4.69) is 0 Å². The first-order chi connectivity index (χ1) is 7.34. The third kappa shape index (κ3) is 3.40. The van der Waals surface area contributed by atoms with Crippen molar-refractivity contribution in [1.82, 2.24) is 0 Å². The van der Waals surface area contributed by atoms with Crippen LogP contribution in [0.3, 0.4) is 0 Å². The lowest BCUT2D eigenvalue weighted by atomic mass is 10.2. The van der Waals surface area contributed by atoms with Gasteiger partial charge in [-0.1, -0.05) is 11.6 Å². The minimum Gasteiger partial charge on any atom is -0.493 e. The van der Waals surface area contributed by atoms with Crippen LogP contribution in [0.5, 0.6) is 5.75 Å². The van der Waals surface area contributed by atoms with Crippen molar-refractivity contribution in [3.63, 3.8) is 0 Å². The molecular formula is C12H15ClO2. The average molecular weight is 227 g/mol. The Bertz CT molecular complexity index is 291. The van der Waals surface area contributed by atoms with E-state index in [0.29, 0.717) is 12.7 Å². The highest BCUT2D eigenvalue weighted by Crippen LogP contribution is 2.18. The fourth-order valence-corrected chi connectivity index (χ4v) is 1.84. The van der Waals surface area contributed by atoms with Crippen molar-refractivity contribution in [2.24, 2.45) is 0 Å². The molecule has 1 atom stereocenters. The topological polar surface area (TPSA) is 18.5 Å². The molecule has 1 aromatic rings. The monoisotopic (exact) mass is 226 g/mol. The normalized spacial score (nSPS) is 20.5. The third-order valence-electron chi connectivity index (χ3n) is 2.55. The van der Waals surface area contributed by atoms with Crippen molar-refractivity contribution in [1.29, 1.82) is 0 Å². The van der Waals surface area contributed by atoms with Gasteiger partial charge in [-0.15, -0.1) is 0 Å². The molecule has 0 aliphatic carbocycles. The van der Waals surface area contributed by atoms with Crippen LogP contribution in [0.4, 0.5) is 0 Å². The van der Waals surface area contributed by atoms with E-state index >= 15 is 0 Å². The summed E-state index contributed by atoms with van der Waals surface area (Å²) >= 11 is 5.77. The standard InChI is InChI=1S/C12H15ClO2/c13-10-3-5-12(6-4-10)15-9-7-11-2-1-8-14-11/h3-6,11H,1-2,7-9H2. The summed E-state index contributed by atoms with van der Waals surface area (Å²) in [4.78, 5) is 0. The molecule has 0 amide bonds. The Morgan fingerprint density at radius 2 is 2.13 bits per heavy atom. The van der Waals surface area contributed by atoms with Gasteiger partial charge in [-0.3, -0.25) is 0 Å². The van der Waals surface area contributed by atoms with Gasteiger partial charge in [0, 0.05) is 18.1 Å². The number of rotatable bonds is 4. The van der Waals surface area contributed by atoms with Crippen LogP contribution in [-0.4, -0.2) is 19.3 Å².